The van der Waals surface area contributed by atoms with Crippen LogP contribution in [0.4, 0.5) is 5.69 Å². The monoisotopic (exact) mass is 567 g/mol. The number of nitrogens with one attached hydrogen (secondary N) is 2. The predicted molar refractivity (Wildman–Crippen MR) is 155 cm³/mol. The Morgan fingerprint density at radius 3 is 2.50 bits per heavy atom. The summed E-state index contributed by atoms with van der Waals surface area (Å²) in [7, 11) is 0. The van der Waals surface area contributed by atoms with Crippen molar-refractivity contribution < 1.29 is 19.1 Å². The topological polar surface area (TPSA) is 87.7 Å². The molecule has 7 nitrogen and oxygen atoms in total. The fraction of sp³-hybridized carbons (Fsp3) is 0.656. The van der Waals surface area contributed by atoms with E-state index in [1.807, 2.05) is 36.1 Å². The number of nitrogens with zero attached hydrogens (tertiary/aromatic N) is 1. The van der Waals surface area contributed by atoms with Crippen molar-refractivity contribution in [2.45, 2.75) is 108 Å². The minimum absolute atomic E-state index is 0.0240. The summed E-state index contributed by atoms with van der Waals surface area (Å²) in [4.78, 5) is 44.3. The van der Waals surface area contributed by atoms with Crippen LogP contribution in [-0.4, -0.2) is 52.5 Å². The van der Waals surface area contributed by atoms with Crippen LogP contribution in [0, 0.1) is 30.6 Å². The summed E-state index contributed by atoms with van der Waals surface area (Å²) in [6.07, 6.45) is 12.6. The molecular formula is C32H42ClN3O4. The Balaban J connectivity index is 1.32. The molecule has 3 heterocycles. The van der Waals surface area contributed by atoms with Crippen molar-refractivity contribution in [3.8, 4) is 0 Å². The summed E-state index contributed by atoms with van der Waals surface area (Å²) in [5.74, 6) is -1.07. The first-order valence-corrected chi connectivity index (χ1v) is 15.7. The van der Waals surface area contributed by atoms with E-state index < -0.39 is 29.6 Å². The lowest BCUT2D eigenvalue weighted by Gasteiger charge is -2.40. The number of rotatable bonds is 5. The van der Waals surface area contributed by atoms with Gasteiger partial charge in [0.15, 0.2) is 0 Å². The maximum atomic E-state index is 14.4. The molecule has 4 fully saturated rings. The number of ether oxygens (including phenoxy) is 1. The molecule has 8 atom stereocenters. The average Bonchev–Trinajstić information content (AvgIpc) is 3.47. The second-order valence-electron chi connectivity index (χ2n) is 12.9. The van der Waals surface area contributed by atoms with Gasteiger partial charge in [-0.3, -0.25) is 14.4 Å². The molecule has 1 aromatic carbocycles. The molecule has 216 valence electrons. The zero-order valence-corrected chi connectivity index (χ0v) is 24.6. The van der Waals surface area contributed by atoms with E-state index in [-0.39, 0.29) is 29.8 Å². The number of halogens is 1. The average molecular weight is 568 g/mol. The smallest absolute Gasteiger partial charge is 0.246 e. The first-order valence-electron chi connectivity index (χ1n) is 15.3. The Morgan fingerprint density at radius 1 is 1.02 bits per heavy atom. The Kier molecular flexibility index (Phi) is 7.49. The standard InChI is InChI=1S/C32H42ClN3O4/c1-18-9-8-12-24(20(18)3)35-30(38)28-32-16-15-25(40-32)26(29(37)34-21-14-13-19(2)23(33)17-21)27(32)31(39)36(28)22-10-6-4-5-7-11-22/h13-18,20,22,24-28H,4-12H2,1-3H3,(H,34,37)(H,35,38)/t18-,20-,24-,25+,26-,27+,28+,32+/m1/s1. The molecule has 0 radical (unpaired) electrons. The molecule has 2 saturated heterocycles. The maximum absolute atomic E-state index is 14.4. The van der Waals surface area contributed by atoms with E-state index >= 15 is 0 Å². The minimum atomic E-state index is -1.13. The van der Waals surface area contributed by atoms with E-state index in [0.717, 1.165) is 56.9 Å². The highest BCUT2D eigenvalue weighted by Gasteiger charge is 2.73. The quantitative estimate of drug-likeness (QED) is 0.368. The van der Waals surface area contributed by atoms with Crippen LogP contribution < -0.4 is 10.6 Å². The number of hydrogen-bond acceptors (Lipinski definition) is 4. The largest absolute Gasteiger partial charge is 0.359 e. The molecule has 5 aliphatic rings. The lowest BCUT2D eigenvalue weighted by Crippen LogP contribution is -2.59. The Labute approximate surface area is 242 Å². The van der Waals surface area contributed by atoms with Gasteiger partial charge < -0.3 is 20.3 Å². The third kappa shape index (κ3) is 4.57. The van der Waals surface area contributed by atoms with Gasteiger partial charge in [-0.25, -0.2) is 0 Å². The molecule has 2 bridgehead atoms. The van der Waals surface area contributed by atoms with E-state index in [9.17, 15) is 14.4 Å². The third-order valence-electron chi connectivity index (χ3n) is 10.6. The fourth-order valence-electron chi connectivity index (χ4n) is 8.08. The molecular weight excluding hydrogens is 526 g/mol. The number of likely N-dealkylation sites (tertiary alicyclic amines) is 1. The van der Waals surface area contributed by atoms with Gasteiger partial charge in [0.1, 0.15) is 11.6 Å². The maximum Gasteiger partial charge on any atom is 0.246 e. The van der Waals surface area contributed by atoms with E-state index in [1.165, 1.54) is 6.42 Å². The van der Waals surface area contributed by atoms with E-state index in [4.69, 9.17) is 16.3 Å². The van der Waals surface area contributed by atoms with Gasteiger partial charge in [0.25, 0.3) is 0 Å². The van der Waals surface area contributed by atoms with Gasteiger partial charge in [-0.2, -0.15) is 0 Å². The highest BCUT2D eigenvalue weighted by atomic mass is 35.5. The number of amides is 3. The Morgan fingerprint density at radius 2 is 1.77 bits per heavy atom. The molecule has 0 unspecified atom stereocenters. The molecule has 0 aromatic heterocycles. The number of carbonyl (C=O) groups is 3. The zero-order valence-electron chi connectivity index (χ0n) is 23.8. The SMILES string of the molecule is Cc1ccc(NC(=O)[C@@H]2[C@@H]3C=C[C@]4(O3)[C@@H]2C(=O)N(C2CCCCCC2)[C@H]4C(=O)N[C@@H]2CCC[C@@H](C)[C@H]2C)cc1Cl. The number of carbonyl (C=O) groups excluding carboxylic acids is 3. The van der Waals surface area contributed by atoms with Gasteiger partial charge in [0.05, 0.1) is 17.9 Å². The molecule has 3 aliphatic heterocycles. The van der Waals surface area contributed by atoms with Gasteiger partial charge >= 0.3 is 0 Å². The van der Waals surface area contributed by atoms with Crippen molar-refractivity contribution in [2.75, 3.05) is 5.32 Å². The third-order valence-corrected chi connectivity index (χ3v) is 11.0. The summed E-state index contributed by atoms with van der Waals surface area (Å²) >= 11 is 6.31. The van der Waals surface area contributed by atoms with Crippen LogP contribution in [0.15, 0.2) is 30.4 Å². The second kappa shape index (κ2) is 10.8. The van der Waals surface area contributed by atoms with Crippen LogP contribution in [0.3, 0.4) is 0 Å². The molecule has 1 aromatic rings. The summed E-state index contributed by atoms with van der Waals surface area (Å²) < 4.78 is 6.57. The van der Waals surface area contributed by atoms with Gasteiger partial charge in [0.2, 0.25) is 17.7 Å². The first-order chi connectivity index (χ1) is 19.2. The van der Waals surface area contributed by atoms with Crippen LogP contribution in [-0.2, 0) is 19.1 Å². The van der Waals surface area contributed by atoms with Crippen LogP contribution in [0.2, 0.25) is 5.02 Å². The van der Waals surface area contributed by atoms with E-state index in [0.29, 0.717) is 22.5 Å². The molecule has 2 N–H and O–H groups in total. The van der Waals surface area contributed by atoms with Gasteiger partial charge in [-0.05, 0) is 55.7 Å². The van der Waals surface area contributed by atoms with Gasteiger partial charge in [0, 0.05) is 22.8 Å². The Hall–Kier alpha value is -2.38. The van der Waals surface area contributed by atoms with Crippen molar-refractivity contribution in [3.63, 3.8) is 0 Å². The summed E-state index contributed by atoms with van der Waals surface area (Å²) in [5.41, 5.74) is 0.377. The molecule has 40 heavy (non-hydrogen) atoms. The fourth-order valence-corrected chi connectivity index (χ4v) is 8.26. The Bertz CT molecular complexity index is 1210. The molecule has 1 spiro atoms. The lowest BCUT2D eigenvalue weighted by atomic mass is 9.73. The van der Waals surface area contributed by atoms with Crippen molar-refractivity contribution in [3.05, 3.63) is 40.9 Å². The van der Waals surface area contributed by atoms with Crippen LogP contribution in [0.25, 0.3) is 0 Å². The van der Waals surface area contributed by atoms with Crippen molar-refractivity contribution in [2.24, 2.45) is 23.7 Å². The normalized spacial score (nSPS) is 37.4. The van der Waals surface area contributed by atoms with E-state index in [1.54, 1.807) is 6.07 Å². The predicted octanol–water partition coefficient (Wildman–Crippen LogP) is 5.40. The van der Waals surface area contributed by atoms with Gasteiger partial charge in [-0.1, -0.05) is 82.2 Å². The van der Waals surface area contributed by atoms with Crippen LogP contribution >= 0.6 is 11.6 Å². The second-order valence-corrected chi connectivity index (χ2v) is 13.3. The van der Waals surface area contributed by atoms with Crippen LogP contribution in [0.5, 0.6) is 0 Å². The number of aryl methyl sites for hydroxylation is 1. The molecule has 8 heteroatoms. The molecule has 3 amide bonds. The number of hydrogen-bond donors (Lipinski definition) is 2. The highest BCUT2D eigenvalue weighted by Crippen LogP contribution is 2.56. The molecule has 2 saturated carbocycles. The first kappa shape index (κ1) is 27.8. The number of benzene rings is 1. The number of anilines is 1. The summed E-state index contributed by atoms with van der Waals surface area (Å²) in [6.45, 7) is 6.38. The highest BCUT2D eigenvalue weighted by molar-refractivity contribution is 6.31. The summed E-state index contributed by atoms with van der Waals surface area (Å²) in [5, 5.41) is 6.92. The zero-order chi connectivity index (χ0) is 28.2. The van der Waals surface area contributed by atoms with Gasteiger partial charge in [-0.15, -0.1) is 0 Å². The molecule has 6 rings (SSSR count). The lowest BCUT2D eigenvalue weighted by molar-refractivity contribution is -0.144. The summed E-state index contributed by atoms with van der Waals surface area (Å²) in [6, 6.07) is 4.68. The van der Waals surface area contributed by atoms with E-state index in [2.05, 4.69) is 24.5 Å². The van der Waals surface area contributed by atoms with Crippen molar-refractivity contribution >= 4 is 35.0 Å². The van der Waals surface area contributed by atoms with Crippen molar-refractivity contribution in [1.29, 1.82) is 0 Å². The number of fused-ring (bicyclic) bond motifs is 1. The van der Waals surface area contributed by atoms with Crippen LogP contribution in [0.1, 0.15) is 77.2 Å². The van der Waals surface area contributed by atoms with Crippen molar-refractivity contribution in [1.82, 2.24) is 10.2 Å². The molecule has 2 aliphatic carbocycles. The minimum Gasteiger partial charge on any atom is -0.359 e.